The fourth-order valence-corrected chi connectivity index (χ4v) is 2.33. The van der Waals surface area contributed by atoms with E-state index in [-0.39, 0.29) is 0 Å². The molecule has 1 heterocycles. The lowest BCUT2D eigenvalue weighted by Gasteiger charge is -2.09. The van der Waals surface area contributed by atoms with Gasteiger partial charge in [-0.05, 0) is 22.0 Å². The van der Waals surface area contributed by atoms with E-state index in [1.165, 1.54) is 11.3 Å². The highest BCUT2D eigenvalue weighted by atomic mass is 79.9. The van der Waals surface area contributed by atoms with Crippen LogP contribution in [-0.4, -0.2) is 25.2 Å². The monoisotopic (exact) mass is 249 g/mol. The molecule has 0 aromatic carbocycles. The van der Waals surface area contributed by atoms with Crippen LogP contribution >= 0.6 is 27.3 Å². The second kappa shape index (κ2) is 3.45. The van der Waals surface area contributed by atoms with E-state index in [0.717, 1.165) is 8.79 Å². The number of halogens is 1. The third-order valence-corrected chi connectivity index (χ3v) is 3.12. The van der Waals surface area contributed by atoms with E-state index < -0.39 is 5.97 Å². The normalized spacial score (nSPS) is 9.92. The summed E-state index contributed by atoms with van der Waals surface area (Å²) < 4.78 is 0.837. The molecule has 66 valence electrons. The summed E-state index contributed by atoms with van der Waals surface area (Å²) in [5, 5.41) is 9.55. The molecule has 0 aliphatic rings. The van der Waals surface area contributed by atoms with Crippen molar-refractivity contribution in [2.24, 2.45) is 0 Å². The Kier molecular flexibility index (Phi) is 2.74. The van der Waals surface area contributed by atoms with Crippen molar-refractivity contribution in [2.75, 3.05) is 19.0 Å². The summed E-state index contributed by atoms with van der Waals surface area (Å²) in [7, 11) is 3.65. The van der Waals surface area contributed by atoms with Gasteiger partial charge in [0.15, 0.2) is 0 Å². The van der Waals surface area contributed by atoms with Crippen LogP contribution in [0.4, 0.5) is 5.00 Å². The maximum atomic E-state index is 10.7. The van der Waals surface area contributed by atoms with E-state index in [1.807, 2.05) is 14.1 Å². The molecular formula is C7H8BrNO2S. The van der Waals surface area contributed by atoms with Gasteiger partial charge in [0.1, 0.15) is 5.00 Å². The average molecular weight is 250 g/mol. The van der Waals surface area contributed by atoms with Gasteiger partial charge >= 0.3 is 5.97 Å². The van der Waals surface area contributed by atoms with Gasteiger partial charge in [-0.25, -0.2) is 4.79 Å². The number of nitrogens with zero attached hydrogens (tertiary/aromatic N) is 1. The average Bonchev–Trinajstić information content (AvgIpc) is 2.31. The van der Waals surface area contributed by atoms with Crippen molar-refractivity contribution in [3.8, 4) is 0 Å². The molecule has 5 heteroatoms. The van der Waals surface area contributed by atoms with E-state index in [4.69, 9.17) is 5.11 Å². The fourth-order valence-electron chi connectivity index (χ4n) is 0.837. The van der Waals surface area contributed by atoms with Crippen molar-refractivity contribution in [1.29, 1.82) is 0 Å². The number of carbonyl (C=O) groups is 1. The Labute approximate surface area is 82.7 Å². The summed E-state index contributed by atoms with van der Waals surface area (Å²) in [6.45, 7) is 0. The van der Waals surface area contributed by atoms with Crippen LogP contribution in [0.5, 0.6) is 0 Å². The number of hydrogen-bond acceptors (Lipinski definition) is 3. The molecule has 0 unspecified atom stereocenters. The Morgan fingerprint density at radius 1 is 1.67 bits per heavy atom. The molecule has 0 saturated heterocycles. The zero-order valence-corrected chi connectivity index (χ0v) is 9.07. The molecule has 1 aromatic heterocycles. The van der Waals surface area contributed by atoms with Gasteiger partial charge in [0.25, 0.3) is 0 Å². The first-order chi connectivity index (χ1) is 5.52. The van der Waals surface area contributed by atoms with Gasteiger partial charge in [-0.15, -0.1) is 11.3 Å². The van der Waals surface area contributed by atoms with Crippen molar-refractivity contribution >= 4 is 38.2 Å². The van der Waals surface area contributed by atoms with Crippen molar-refractivity contribution in [3.05, 3.63) is 15.4 Å². The number of carboxylic acid groups (broad SMARTS) is 1. The minimum atomic E-state index is -0.888. The Morgan fingerprint density at radius 3 is 2.58 bits per heavy atom. The smallest absolute Gasteiger partial charge is 0.338 e. The van der Waals surface area contributed by atoms with Gasteiger partial charge in [0.05, 0.1) is 9.35 Å². The largest absolute Gasteiger partial charge is 0.478 e. The van der Waals surface area contributed by atoms with Crippen LogP contribution in [0, 0.1) is 0 Å². The first-order valence-electron chi connectivity index (χ1n) is 3.22. The molecule has 3 nitrogen and oxygen atoms in total. The number of aromatic carboxylic acids is 1. The Balaban J connectivity index is 3.17. The van der Waals surface area contributed by atoms with Crippen LogP contribution in [0.3, 0.4) is 0 Å². The first-order valence-corrected chi connectivity index (χ1v) is 4.83. The quantitative estimate of drug-likeness (QED) is 0.875. The number of carboxylic acids is 1. The lowest BCUT2D eigenvalue weighted by molar-refractivity contribution is 0.0698. The molecule has 0 saturated carbocycles. The SMILES string of the molecule is CN(C)c1sc(Br)cc1C(=O)O. The number of hydrogen-bond donors (Lipinski definition) is 1. The molecule has 1 rings (SSSR count). The predicted molar refractivity (Wildman–Crippen MR) is 53.3 cm³/mol. The molecule has 0 amide bonds. The van der Waals surface area contributed by atoms with Gasteiger partial charge in [0, 0.05) is 14.1 Å². The van der Waals surface area contributed by atoms with Crippen LogP contribution in [0.2, 0.25) is 0 Å². The Morgan fingerprint density at radius 2 is 2.25 bits per heavy atom. The molecule has 1 N–H and O–H groups in total. The highest BCUT2D eigenvalue weighted by Gasteiger charge is 2.15. The molecule has 0 atom stereocenters. The third kappa shape index (κ3) is 1.78. The topological polar surface area (TPSA) is 40.5 Å². The van der Waals surface area contributed by atoms with E-state index >= 15 is 0 Å². The maximum Gasteiger partial charge on any atom is 0.338 e. The molecule has 0 fully saturated rings. The second-order valence-electron chi connectivity index (χ2n) is 2.47. The molecule has 0 spiro atoms. The standard InChI is InChI=1S/C7H8BrNO2S/c1-9(2)6-4(7(10)11)3-5(8)12-6/h3H,1-2H3,(H,10,11). The Hall–Kier alpha value is -0.550. The predicted octanol–water partition coefficient (Wildman–Crippen LogP) is 2.27. The molecule has 0 radical (unpaired) electrons. The Bertz CT molecular complexity index is 308. The van der Waals surface area contributed by atoms with E-state index in [2.05, 4.69) is 15.9 Å². The zero-order chi connectivity index (χ0) is 9.30. The zero-order valence-electron chi connectivity index (χ0n) is 6.67. The molecular weight excluding hydrogens is 242 g/mol. The van der Waals surface area contributed by atoms with Crippen LogP contribution in [0.25, 0.3) is 0 Å². The summed E-state index contributed by atoms with van der Waals surface area (Å²) in [5.41, 5.74) is 0.344. The van der Waals surface area contributed by atoms with Gasteiger partial charge < -0.3 is 10.0 Å². The molecule has 0 aliphatic carbocycles. The van der Waals surface area contributed by atoms with Crippen LogP contribution in [0.15, 0.2) is 9.85 Å². The number of rotatable bonds is 2. The second-order valence-corrected chi connectivity index (χ2v) is 4.88. The molecule has 12 heavy (non-hydrogen) atoms. The van der Waals surface area contributed by atoms with Gasteiger partial charge in [-0.1, -0.05) is 0 Å². The van der Waals surface area contributed by atoms with Gasteiger partial charge in [-0.2, -0.15) is 0 Å². The van der Waals surface area contributed by atoms with Crippen LogP contribution < -0.4 is 4.90 Å². The van der Waals surface area contributed by atoms with Crippen molar-refractivity contribution in [1.82, 2.24) is 0 Å². The van der Waals surface area contributed by atoms with Gasteiger partial charge in [-0.3, -0.25) is 0 Å². The van der Waals surface area contributed by atoms with Crippen LogP contribution in [-0.2, 0) is 0 Å². The molecule has 1 aromatic rings. The summed E-state index contributed by atoms with van der Waals surface area (Å²) in [6.07, 6.45) is 0. The summed E-state index contributed by atoms with van der Waals surface area (Å²) in [6, 6.07) is 1.61. The minimum absolute atomic E-state index is 0.344. The lowest BCUT2D eigenvalue weighted by Crippen LogP contribution is -2.10. The van der Waals surface area contributed by atoms with Crippen molar-refractivity contribution in [2.45, 2.75) is 0 Å². The highest BCUT2D eigenvalue weighted by molar-refractivity contribution is 9.11. The fraction of sp³-hybridized carbons (Fsp3) is 0.286. The van der Waals surface area contributed by atoms with Gasteiger partial charge in [0.2, 0.25) is 0 Å². The molecule has 0 aliphatic heterocycles. The number of anilines is 1. The van der Waals surface area contributed by atoms with E-state index in [1.54, 1.807) is 11.0 Å². The summed E-state index contributed by atoms with van der Waals surface area (Å²) >= 11 is 4.66. The summed E-state index contributed by atoms with van der Waals surface area (Å²) in [4.78, 5) is 12.5. The summed E-state index contributed by atoms with van der Waals surface area (Å²) in [5.74, 6) is -0.888. The van der Waals surface area contributed by atoms with Crippen molar-refractivity contribution in [3.63, 3.8) is 0 Å². The maximum absolute atomic E-state index is 10.7. The third-order valence-electron chi connectivity index (χ3n) is 1.32. The highest BCUT2D eigenvalue weighted by Crippen LogP contribution is 2.33. The number of thiophene rings is 1. The minimum Gasteiger partial charge on any atom is -0.478 e. The van der Waals surface area contributed by atoms with E-state index in [0.29, 0.717) is 5.56 Å². The lowest BCUT2D eigenvalue weighted by atomic mass is 10.3. The van der Waals surface area contributed by atoms with Crippen LogP contribution in [0.1, 0.15) is 10.4 Å². The van der Waals surface area contributed by atoms with E-state index in [9.17, 15) is 4.79 Å². The molecule has 0 bridgehead atoms. The first kappa shape index (κ1) is 9.54. The van der Waals surface area contributed by atoms with Crippen molar-refractivity contribution < 1.29 is 9.90 Å².